The highest BCUT2D eigenvalue weighted by Crippen LogP contribution is 2.44. The third-order valence-corrected chi connectivity index (χ3v) is 13.6. The molecule has 5 heteroatoms. The normalized spacial score (nSPS) is 11.8. The Morgan fingerprint density at radius 1 is 0.276 bits per heavy atom. The number of fused-ring (bicyclic) bond motifs is 9. The molecule has 58 heavy (non-hydrogen) atoms. The van der Waals surface area contributed by atoms with Gasteiger partial charge in [0, 0.05) is 57.0 Å². The maximum absolute atomic E-state index is 5.18. The summed E-state index contributed by atoms with van der Waals surface area (Å²) in [6.45, 7) is 0. The number of aromatic nitrogens is 3. The third-order valence-electron chi connectivity index (χ3n) is 11.3. The lowest BCUT2D eigenvalue weighted by atomic mass is 9.92. The highest BCUT2D eigenvalue weighted by atomic mass is 32.1. The van der Waals surface area contributed by atoms with E-state index in [1.54, 1.807) is 0 Å². The molecule has 0 fully saturated rings. The van der Waals surface area contributed by atoms with Gasteiger partial charge in [-0.1, -0.05) is 133 Å². The highest BCUT2D eigenvalue weighted by molar-refractivity contribution is 7.26. The second-order valence-corrected chi connectivity index (χ2v) is 16.9. The average molecular weight is 774 g/mol. The molecule has 3 heterocycles. The van der Waals surface area contributed by atoms with Gasteiger partial charge in [-0.2, -0.15) is 0 Å². The van der Waals surface area contributed by atoms with Crippen molar-refractivity contribution in [3.8, 4) is 56.4 Å². The van der Waals surface area contributed by atoms with Gasteiger partial charge in [-0.3, -0.25) is 0 Å². The second-order valence-electron chi connectivity index (χ2n) is 14.7. The van der Waals surface area contributed by atoms with Gasteiger partial charge in [0.2, 0.25) is 0 Å². The minimum Gasteiger partial charge on any atom is -0.208 e. The maximum Gasteiger partial charge on any atom is 0.164 e. The van der Waals surface area contributed by atoms with E-state index in [9.17, 15) is 0 Å². The van der Waals surface area contributed by atoms with Crippen molar-refractivity contribution in [2.45, 2.75) is 0 Å². The fraction of sp³-hybridized carbons (Fsp3) is 0. The molecular weight excluding hydrogens is 743 g/mol. The standard InChI is InChI=1S/C53H31N3S2/c1-2-12-32(13-3-1)51-54-52(56-53(55-51)37-25-27-47-44(31-37)42-20-8-9-22-46(42)57-47)36-16-10-15-33(28-36)39-21-11-23-49-50(39)45-30-35(24-26-48(45)58-49)43-29-34-14-4-5-17-38(34)40-18-6-7-19-41(40)43/h1-31H. The topological polar surface area (TPSA) is 38.7 Å². The summed E-state index contributed by atoms with van der Waals surface area (Å²) in [7, 11) is 0. The summed E-state index contributed by atoms with van der Waals surface area (Å²) in [5, 5.41) is 10.1. The number of thiophene rings is 2. The Morgan fingerprint density at radius 3 is 1.66 bits per heavy atom. The predicted octanol–water partition coefficient (Wildman–Crippen LogP) is 15.2. The van der Waals surface area contributed by atoms with E-state index in [4.69, 9.17) is 15.0 Å². The van der Waals surface area contributed by atoms with Crippen molar-refractivity contribution >= 4 is 84.6 Å². The Hall–Kier alpha value is -7.05. The van der Waals surface area contributed by atoms with Gasteiger partial charge in [0.25, 0.3) is 0 Å². The monoisotopic (exact) mass is 773 g/mol. The molecule has 9 aromatic carbocycles. The van der Waals surface area contributed by atoms with Crippen molar-refractivity contribution in [2.75, 3.05) is 0 Å². The minimum absolute atomic E-state index is 0.647. The highest BCUT2D eigenvalue weighted by Gasteiger charge is 2.17. The number of nitrogens with zero attached hydrogens (tertiary/aromatic N) is 3. The zero-order valence-electron chi connectivity index (χ0n) is 31.1. The summed E-state index contributed by atoms with van der Waals surface area (Å²) < 4.78 is 5.07. The van der Waals surface area contributed by atoms with E-state index in [0.29, 0.717) is 17.5 Å². The van der Waals surface area contributed by atoms with Gasteiger partial charge < -0.3 is 0 Å². The summed E-state index contributed by atoms with van der Waals surface area (Å²) in [5.41, 5.74) is 7.66. The Kier molecular flexibility index (Phi) is 7.58. The van der Waals surface area contributed by atoms with E-state index >= 15 is 0 Å². The molecule has 12 rings (SSSR count). The molecule has 3 nitrogen and oxygen atoms in total. The van der Waals surface area contributed by atoms with Crippen molar-refractivity contribution in [3.05, 3.63) is 188 Å². The van der Waals surface area contributed by atoms with E-state index in [1.165, 1.54) is 78.6 Å². The van der Waals surface area contributed by atoms with Crippen LogP contribution in [0.3, 0.4) is 0 Å². The predicted molar refractivity (Wildman–Crippen MR) is 248 cm³/mol. The van der Waals surface area contributed by atoms with Gasteiger partial charge in [-0.05, 0) is 98.4 Å². The smallest absolute Gasteiger partial charge is 0.164 e. The first-order chi connectivity index (χ1) is 28.7. The third kappa shape index (κ3) is 5.43. The molecule has 0 aliphatic carbocycles. The van der Waals surface area contributed by atoms with Crippen molar-refractivity contribution in [2.24, 2.45) is 0 Å². The first-order valence-corrected chi connectivity index (χ1v) is 21.1. The first kappa shape index (κ1) is 33.1. The van der Waals surface area contributed by atoms with Gasteiger partial charge in [0.15, 0.2) is 17.5 Å². The Morgan fingerprint density at radius 2 is 0.810 bits per heavy atom. The summed E-state index contributed by atoms with van der Waals surface area (Å²) in [5.74, 6) is 1.96. The van der Waals surface area contributed by atoms with E-state index < -0.39 is 0 Å². The molecule has 0 spiro atoms. The van der Waals surface area contributed by atoms with Crippen molar-refractivity contribution in [3.63, 3.8) is 0 Å². The molecule has 0 unspecified atom stereocenters. The summed E-state index contributed by atoms with van der Waals surface area (Å²) in [4.78, 5) is 15.4. The van der Waals surface area contributed by atoms with Gasteiger partial charge in [0.1, 0.15) is 0 Å². The number of rotatable bonds is 5. The van der Waals surface area contributed by atoms with Crippen LogP contribution in [0, 0.1) is 0 Å². The van der Waals surface area contributed by atoms with Crippen LogP contribution in [-0.4, -0.2) is 15.0 Å². The van der Waals surface area contributed by atoms with Crippen molar-refractivity contribution in [1.82, 2.24) is 15.0 Å². The van der Waals surface area contributed by atoms with Crippen LogP contribution < -0.4 is 0 Å². The van der Waals surface area contributed by atoms with Crippen molar-refractivity contribution < 1.29 is 0 Å². The summed E-state index contributed by atoms with van der Waals surface area (Å²) in [6.07, 6.45) is 0. The van der Waals surface area contributed by atoms with Crippen LogP contribution in [0.4, 0.5) is 0 Å². The molecular formula is C53H31N3S2. The van der Waals surface area contributed by atoms with Crippen LogP contribution in [0.2, 0.25) is 0 Å². The van der Waals surface area contributed by atoms with E-state index in [2.05, 4.69) is 170 Å². The lowest BCUT2D eigenvalue weighted by Crippen LogP contribution is -2.00. The number of benzene rings is 9. The molecule has 3 aromatic heterocycles. The van der Waals surface area contributed by atoms with E-state index in [-0.39, 0.29) is 0 Å². The van der Waals surface area contributed by atoms with Gasteiger partial charge in [0.05, 0.1) is 0 Å². The van der Waals surface area contributed by atoms with Crippen LogP contribution in [-0.2, 0) is 0 Å². The fourth-order valence-corrected chi connectivity index (χ4v) is 10.8. The first-order valence-electron chi connectivity index (χ1n) is 19.4. The average Bonchev–Trinajstić information content (AvgIpc) is 3.87. The minimum atomic E-state index is 0.647. The molecule has 12 aromatic rings. The number of hydrogen-bond acceptors (Lipinski definition) is 5. The zero-order chi connectivity index (χ0) is 38.2. The summed E-state index contributed by atoms with van der Waals surface area (Å²) >= 11 is 3.66. The quantitative estimate of drug-likeness (QED) is 0.164. The molecule has 0 amide bonds. The largest absolute Gasteiger partial charge is 0.208 e. The SMILES string of the molecule is c1ccc(-c2nc(-c3cccc(-c4cccc5sc6ccc(-c7cc8ccccc8c8ccccc78)cc6c45)c3)nc(-c3ccc4sc5ccccc5c4c3)n2)cc1. The Balaban J connectivity index is 1.01. The van der Waals surface area contributed by atoms with Crippen LogP contribution >= 0.6 is 22.7 Å². The second kappa shape index (κ2) is 13.3. The van der Waals surface area contributed by atoms with Crippen molar-refractivity contribution in [1.29, 1.82) is 0 Å². The lowest BCUT2D eigenvalue weighted by molar-refractivity contribution is 1.07. The maximum atomic E-state index is 5.18. The molecule has 0 N–H and O–H groups in total. The van der Waals surface area contributed by atoms with Crippen LogP contribution in [0.1, 0.15) is 0 Å². The Bertz CT molecular complexity index is 3580. The van der Waals surface area contributed by atoms with Gasteiger partial charge in [-0.25, -0.2) is 15.0 Å². The van der Waals surface area contributed by atoms with Crippen LogP contribution in [0.5, 0.6) is 0 Å². The van der Waals surface area contributed by atoms with Gasteiger partial charge in [-0.15, -0.1) is 22.7 Å². The van der Waals surface area contributed by atoms with E-state index in [0.717, 1.165) is 22.3 Å². The van der Waals surface area contributed by atoms with Gasteiger partial charge >= 0.3 is 0 Å². The molecule has 0 saturated heterocycles. The lowest BCUT2D eigenvalue weighted by Gasteiger charge is -2.12. The zero-order valence-corrected chi connectivity index (χ0v) is 32.7. The molecule has 0 radical (unpaired) electrons. The molecule has 0 saturated carbocycles. The Labute approximate surface area is 342 Å². The van der Waals surface area contributed by atoms with Crippen LogP contribution in [0.15, 0.2) is 188 Å². The molecule has 0 aliphatic heterocycles. The molecule has 0 aliphatic rings. The van der Waals surface area contributed by atoms with E-state index in [1.807, 2.05) is 40.9 Å². The number of hydrogen-bond donors (Lipinski definition) is 0. The fourth-order valence-electron chi connectivity index (χ4n) is 8.57. The molecule has 270 valence electrons. The molecule has 0 atom stereocenters. The van der Waals surface area contributed by atoms with Crippen LogP contribution in [0.25, 0.3) is 118 Å². The summed E-state index contributed by atoms with van der Waals surface area (Å²) in [6, 6.07) is 67.5. The molecule has 0 bridgehead atoms.